The molecule has 4 heteroatoms. The van der Waals surface area contributed by atoms with Gasteiger partial charge in [-0.1, -0.05) is 0 Å². The fourth-order valence-corrected chi connectivity index (χ4v) is 1.62. The van der Waals surface area contributed by atoms with E-state index in [4.69, 9.17) is 9.47 Å². The Morgan fingerprint density at radius 3 is 2.94 bits per heavy atom. The van der Waals surface area contributed by atoms with Gasteiger partial charge in [-0.2, -0.15) is 0 Å². The Hall–Kier alpha value is -1.13. The average molecular weight is 250 g/mol. The summed E-state index contributed by atoms with van der Waals surface area (Å²) in [6, 6.07) is 4.58. The van der Waals surface area contributed by atoms with E-state index in [1.165, 1.54) is 12.8 Å². The number of hydrogen-bond acceptors (Lipinski definition) is 4. The van der Waals surface area contributed by atoms with Gasteiger partial charge < -0.3 is 14.8 Å². The largest absolute Gasteiger partial charge is 0.491 e. The summed E-state index contributed by atoms with van der Waals surface area (Å²) in [5.74, 6) is 0.866. The van der Waals surface area contributed by atoms with Gasteiger partial charge >= 0.3 is 0 Å². The lowest BCUT2D eigenvalue weighted by Gasteiger charge is -2.10. The summed E-state index contributed by atoms with van der Waals surface area (Å²) in [7, 11) is 0. The minimum absolute atomic E-state index is 0.254. The zero-order chi connectivity index (χ0) is 12.8. The van der Waals surface area contributed by atoms with Crippen molar-refractivity contribution in [2.45, 2.75) is 45.4 Å². The molecule has 1 saturated carbocycles. The Kier molecular flexibility index (Phi) is 4.96. The van der Waals surface area contributed by atoms with Crippen LogP contribution >= 0.6 is 0 Å². The number of nitrogens with zero attached hydrogens (tertiary/aromatic N) is 1. The molecular weight excluding hydrogens is 228 g/mol. The summed E-state index contributed by atoms with van der Waals surface area (Å²) in [6.07, 6.45) is 4.64. The molecule has 0 saturated heterocycles. The van der Waals surface area contributed by atoms with Crippen molar-refractivity contribution < 1.29 is 9.47 Å². The van der Waals surface area contributed by atoms with E-state index in [0.29, 0.717) is 19.3 Å². The van der Waals surface area contributed by atoms with Gasteiger partial charge in [0.15, 0.2) is 0 Å². The summed E-state index contributed by atoms with van der Waals surface area (Å²) >= 11 is 0. The highest BCUT2D eigenvalue weighted by Gasteiger charge is 2.20. The molecule has 0 spiro atoms. The van der Waals surface area contributed by atoms with Crippen molar-refractivity contribution in [3.05, 3.63) is 24.0 Å². The molecule has 1 aromatic rings. The van der Waals surface area contributed by atoms with Crippen LogP contribution < -0.4 is 10.1 Å². The number of rotatable bonds is 8. The molecule has 1 N–H and O–H groups in total. The first-order valence-corrected chi connectivity index (χ1v) is 6.67. The summed E-state index contributed by atoms with van der Waals surface area (Å²) in [5.41, 5.74) is 1.03. The molecule has 0 bridgehead atoms. The zero-order valence-corrected chi connectivity index (χ0v) is 11.2. The topological polar surface area (TPSA) is 43.4 Å². The first kappa shape index (κ1) is 13.3. The maximum Gasteiger partial charge on any atom is 0.122 e. The summed E-state index contributed by atoms with van der Waals surface area (Å²) < 4.78 is 11.1. The predicted octanol–water partition coefficient (Wildman–Crippen LogP) is 2.14. The molecule has 1 aliphatic carbocycles. The Morgan fingerprint density at radius 2 is 2.22 bits per heavy atom. The number of hydrogen-bond donors (Lipinski definition) is 1. The minimum Gasteiger partial charge on any atom is -0.491 e. The molecule has 18 heavy (non-hydrogen) atoms. The van der Waals surface area contributed by atoms with Crippen molar-refractivity contribution in [2.24, 2.45) is 0 Å². The van der Waals surface area contributed by atoms with Gasteiger partial charge in [-0.05, 0) is 32.8 Å². The van der Waals surface area contributed by atoms with E-state index in [2.05, 4.69) is 10.3 Å². The molecule has 1 heterocycles. The Labute approximate surface area is 109 Å². The van der Waals surface area contributed by atoms with Gasteiger partial charge in [0.2, 0.25) is 0 Å². The monoisotopic (exact) mass is 250 g/mol. The van der Waals surface area contributed by atoms with Crippen LogP contribution in [0, 0.1) is 0 Å². The summed E-state index contributed by atoms with van der Waals surface area (Å²) in [5, 5.41) is 3.44. The molecule has 1 fully saturated rings. The van der Waals surface area contributed by atoms with Crippen LogP contribution in [0.2, 0.25) is 0 Å². The quantitative estimate of drug-likeness (QED) is 0.718. The third-order valence-corrected chi connectivity index (χ3v) is 2.74. The first-order chi connectivity index (χ1) is 8.74. The smallest absolute Gasteiger partial charge is 0.122 e. The van der Waals surface area contributed by atoms with Crippen LogP contribution in [0.3, 0.4) is 0 Å². The van der Waals surface area contributed by atoms with Crippen LogP contribution in [-0.4, -0.2) is 30.3 Å². The first-order valence-electron chi connectivity index (χ1n) is 6.67. The van der Waals surface area contributed by atoms with Gasteiger partial charge in [0, 0.05) is 24.8 Å². The van der Waals surface area contributed by atoms with Gasteiger partial charge in [-0.3, -0.25) is 4.98 Å². The van der Waals surface area contributed by atoms with E-state index in [1.54, 1.807) is 6.20 Å². The second-order valence-electron chi connectivity index (χ2n) is 4.91. The molecule has 0 radical (unpaired) electrons. The molecule has 0 unspecified atom stereocenters. The molecule has 1 aliphatic rings. The third kappa shape index (κ3) is 5.02. The minimum atomic E-state index is 0.254. The van der Waals surface area contributed by atoms with Gasteiger partial charge in [0.1, 0.15) is 12.4 Å². The van der Waals surface area contributed by atoms with E-state index in [-0.39, 0.29) is 6.10 Å². The molecule has 0 aliphatic heterocycles. The van der Waals surface area contributed by atoms with Gasteiger partial charge in [-0.15, -0.1) is 0 Å². The highest BCUT2D eigenvalue weighted by Crippen LogP contribution is 2.19. The molecule has 4 nitrogen and oxygen atoms in total. The van der Waals surface area contributed by atoms with Crippen LogP contribution in [0.25, 0.3) is 0 Å². The van der Waals surface area contributed by atoms with Gasteiger partial charge in [-0.25, -0.2) is 0 Å². The van der Waals surface area contributed by atoms with E-state index < -0.39 is 0 Å². The second-order valence-corrected chi connectivity index (χ2v) is 4.91. The van der Waals surface area contributed by atoms with Gasteiger partial charge in [0.05, 0.1) is 18.4 Å². The molecule has 2 rings (SSSR count). The van der Waals surface area contributed by atoms with Gasteiger partial charge in [0.25, 0.3) is 0 Å². The highest BCUT2D eigenvalue weighted by atomic mass is 16.5. The SMILES string of the molecule is CC(C)OCCOc1ccnc(CNC2CC2)c1. The van der Waals surface area contributed by atoms with Crippen molar-refractivity contribution >= 4 is 0 Å². The predicted molar refractivity (Wildman–Crippen MR) is 70.7 cm³/mol. The van der Waals surface area contributed by atoms with Crippen molar-refractivity contribution in [1.29, 1.82) is 0 Å². The van der Waals surface area contributed by atoms with Crippen molar-refractivity contribution in [3.63, 3.8) is 0 Å². The number of pyridine rings is 1. The lowest BCUT2D eigenvalue weighted by molar-refractivity contribution is 0.0552. The van der Waals surface area contributed by atoms with Crippen molar-refractivity contribution in [2.75, 3.05) is 13.2 Å². The zero-order valence-electron chi connectivity index (χ0n) is 11.2. The molecule has 0 amide bonds. The van der Waals surface area contributed by atoms with Crippen LogP contribution in [0.15, 0.2) is 18.3 Å². The van der Waals surface area contributed by atoms with Crippen LogP contribution in [-0.2, 0) is 11.3 Å². The van der Waals surface area contributed by atoms with E-state index in [1.807, 2.05) is 26.0 Å². The van der Waals surface area contributed by atoms with Crippen LogP contribution in [0.5, 0.6) is 5.75 Å². The highest BCUT2D eigenvalue weighted by molar-refractivity contribution is 5.22. The third-order valence-electron chi connectivity index (χ3n) is 2.74. The molecule has 1 aromatic heterocycles. The van der Waals surface area contributed by atoms with Crippen molar-refractivity contribution in [3.8, 4) is 5.75 Å². The molecular formula is C14H22N2O2. The van der Waals surface area contributed by atoms with Crippen molar-refractivity contribution in [1.82, 2.24) is 10.3 Å². The standard InChI is InChI=1S/C14H22N2O2/c1-11(2)17-7-8-18-14-5-6-15-13(9-14)10-16-12-3-4-12/h5-6,9,11-12,16H,3-4,7-8,10H2,1-2H3. The molecule has 100 valence electrons. The molecule has 0 aromatic carbocycles. The Bertz CT molecular complexity index is 365. The lowest BCUT2D eigenvalue weighted by atomic mass is 10.3. The number of nitrogens with one attached hydrogen (secondary N) is 1. The Morgan fingerprint density at radius 1 is 1.39 bits per heavy atom. The number of aromatic nitrogens is 1. The fraction of sp³-hybridized carbons (Fsp3) is 0.643. The van der Waals surface area contributed by atoms with Crippen LogP contribution in [0.4, 0.5) is 0 Å². The van der Waals surface area contributed by atoms with Crippen LogP contribution in [0.1, 0.15) is 32.4 Å². The lowest BCUT2D eigenvalue weighted by Crippen LogP contribution is -2.16. The van der Waals surface area contributed by atoms with E-state index in [9.17, 15) is 0 Å². The fourth-order valence-electron chi connectivity index (χ4n) is 1.62. The Balaban J connectivity index is 1.71. The molecule has 0 atom stereocenters. The van der Waals surface area contributed by atoms with E-state index >= 15 is 0 Å². The average Bonchev–Trinajstić information content (AvgIpc) is 3.17. The summed E-state index contributed by atoms with van der Waals surface area (Å²) in [4.78, 5) is 4.32. The number of ether oxygens (including phenoxy) is 2. The maximum absolute atomic E-state index is 5.63. The normalized spacial score (nSPS) is 15.1. The summed E-state index contributed by atoms with van der Waals surface area (Å²) in [6.45, 7) is 6.07. The van der Waals surface area contributed by atoms with E-state index in [0.717, 1.165) is 18.0 Å². The second kappa shape index (κ2) is 6.71. The maximum atomic E-state index is 5.63.